The number of carbonyl (C=O) groups is 2. The molecule has 1 aromatic carbocycles. The van der Waals surface area contributed by atoms with Gasteiger partial charge in [0.2, 0.25) is 11.8 Å². The number of amides is 2. The summed E-state index contributed by atoms with van der Waals surface area (Å²) in [5, 5.41) is 6.15. The zero-order chi connectivity index (χ0) is 20.2. The van der Waals surface area contributed by atoms with Gasteiger partial charge in [-0.15, -0.1) is 0 Å². The lowest BCUT2D eigenvalue weighted by Crippen LogP contribution is -2.48. The zero-order valence-electron chi connectivity index (χ0n) is 17.2. The van der Waals surface area contributed by atoms with Crippen molar-refractivity contribution >= 4 is 11.8 Å². The lowest BCUT2D eigenvalue weighted by Gasteiger charge is -2.40. The molecular formula is C23H34N4O2. The molecule has 3 aliphatic rings. The van der Waals surface area contributed by atoms with Crippen molar-refractivity contribution in [3.05, 3.63) is 35.4 Å². The van der Waals surface area contributed by atoms with Crippen molar-refractivity contribution in [2.45, 2.75) is 82.0 Å². The van der Waals surface area contributed by atoms with Crippen LogP contribution >= 0.6 is 0 Å². The maximum Gasteiger partial charge on any atom is 0.234 e. The summed E-state index contributed by atoms with van der Waals surface area (Å²) in [5.41, 5.74) is 8.29. The molecule has 4 rings (SSSR count). The van der Waals surface area contributed by atoms with Gasteiger partial charge in [0.05, 0.1) is 5.92 Å². The van der Waals surface area contributed by atoms with E-state index < -0.39 is 0 Å². The average Bonchev–Trinajstić information content (AvgIpc) is 2.74. The van der Waals surface area contributed by atoms with Crippen LogP contribution in [0, 0.1) is 0 Å². The zero-order valence-corrected chi connectivity index (χ0v) is 17.2. The van der Waals surface area contributed by atoms with Gasteiger partial charge in [0.25, 0.3) is 0 Å². The highest BCUT2D eigenvalue weighted by Gasteiger charge is 2.29. The minimum absolute atomic E-state index is 0.162. The smallest absolute Gasteiger partial charge is 0.234 e. The number of imide groups is 1. The standard InChI is InChI=1S/C23H34N4O2/c24-18-5-7-20(8-6-18)27-13-11-19(12-14-27)25-15-16-1-3-17(4-2-16)21-9-10-22(28)26-23(21)29/h1-4,18-21,25H,5-15,24H2,(H,26,28,29). The normalized spacial score (nSPS) is 29.6. The number of hydrogen-bond acceptors (Lipinski definition) is 5. The van der Waals surface area contributed by atoms with E-state index in [0.29, 0.717) is 24.9 Å². The van der Waals surface area contributed by atoms with Crippen molar-refractivity contribution in [1.29, 1.82) is 0 Å². The van der Waals surface area contributed by atoms with Crippen molar-refractivity contribution in [3.63, 3.8) is 0 Å². The van der Waals surface area contributed by atoms with Gasteiger partial charge in [0, 0.05) is 31.1 Å². The van der Waals surface area contributed by atoms with Crippen molar-refractivity contribution in [2.24, 2.45) is 5.73 Å². The minimum atomic E-state index is -0.201. The molecule has 158 valence electrons. The van der Waals surface area contributed by atoms with Gasteiger partial charge in [-0.3, -0.25) is 14.9 Å². The lowest BCUT2D eigenvalue weighted by molar-refractivity contribution is -0.134. The summed E-state index contributed by atoms with van der Waals surface area (Å²) in [6.07, 6.45) is 8.32. The molecule has 0 bridgehead atoms. The van der Waals surface area contributed by atoms with Crippen molar-refractivity contribution in [1.82, 2.24) is 15.5 Å². The Bertz CT molecular complexity index is 704. The highest BCUT2D eigenvalue weighted by Crippen LogP contribution is 2.26. The predicted molar refractivity (Wildman–Crippen MR) is 113 cm³/mol. The van der Waals surface area contributed by atoms with E-state index in [1.807, 2.05) is 12.1 Å². The highest BCUT2D eigenvalue weighted by molar-refractivity contribution is 6.00. The number of likely N-dealkylation sites (tertiary alicyclic amines) is 1. The van der Waals surface area contributed by atoms with Crippen LogP contribution in [-0.4, -0.2) is 47.9 Å². The van der Waals surface area contributed by atoms with Crippen LogP contribution in [0.4, 0.5) is 0 Å². The third kappa shape index (κ3) is 5.24. The Labute approximate surface area is 173 Å². The van der Waals surface area contributed by atoms with Crippen molar-refractivity contribution in [3.8, 4) is 0 Å². The van der Waals surface area contributed by atoms with Gasteiger partial charge < -0.3 is 16.0 Å². The molecule has 4 N–H and O–H groups in total. The van der Waals surface area contributed by atoms with Crippen LogP contribution in [0.25, 0.3) is 0 Å². The maximum atomic E-state index is 12.0. The van der Waals surface area contributed by atoms with E-state index >= 15 is 0 Å². The summed E-state index contributed by atoms with van der Waals surface area (Å²) in [7, 11) is 0. The summed E-state index contributed by atoms with van der Waals surface area (Å²) >= 11 is 0. The Morgan fingerprint density at radius 1 is 0.966 bits per heavy atom. The Morgan fingerprint density at radius 2 is 1.66 bits per heavy atom. The molecule has 1 aliphatic carbocycles. The molecular weight excluding hydrogens is 364 g/mol. The van der Waals surface area contributed by atoms with Crippen molar-refractivity contribution < 1.29 is 9.59 Å². The van der Waals surface area contributed by atoms with Crippen LogP contribution in [-0.2, 0) is 16.1 Å². The van der Waals surface area contributed by atoms with E-state index in [1.165, 1.54) is 57.2 Å². The molecule has 0 spiro atoms. The molecule has 1 unspecified atom stereocenters. The quantitative estimate of drug-likeness (QED) is 0.661. The monoisotopic (exact) mass is 398 g/mol. The first kappa shape index (κ1) is 20.5. The molecule has 2 saturated heterocycles. The first-order valence-electron chi connectivity index (χ1n) is 11.2. The van der Waals surface area contributed by atoms with Gasteiger partial charge in [-0.2, -0.15) is 0 Å². The molecule has 2 amide bonds. The lowest BCUT2D eigenvalue weighted by atomic mass is 9.89. The van der Waals surface area contributed by atoms with Gasteiger partial charge in [-0.1, -0.05) is 24.3 Å². The van der Waals surface area contributed by atoms with Crippen molar-refractivity contribution in [2.75, 3.05) is 13.1 Å². The Hall–Kier alpha value is -1.76. The van der Waals surface area contributed by atoms with Crippen LogP contribution in [0.2, 0.25) is 0 Å². The SMILES string of the molecule is NC1CCC(N2CCC(NCc3ccc(C4CCC(=O)NC4=O)cc3)CC2)CC1. The third-order valence-electron chi connectivity index (χ3n) is 7.00. The first-order valence-corrected chi connectivity index (χ1v) is 11.2. The van der Waals surface area contributed by atoms with Gasteiger partial charge in [-0.25, -0.2) is 0 Å². The third-order valence-corrected chi connectivity index (χ3v) is 7.00. The molecule has 1 saturated carbocycles. The fourth-order valence-corrected chi connectivity index (χ4v) is 5.08. The van der Waals surface area contributed by atoms with E-state index in [-0.39, 0.29) is 17.7 Å². The second-order valence-electron chi connectivity index (χ2n) is 9.01. The molecule has 1 atom stereocenters. The first-order chi connectivity index (χ1) is 14.1. The predicted octanol–water partition coefficient (Wildman–Crippen LogP) is 2.03. The molecule has 0 radical (unpaired) electrons. The number of rotatable bonds is 5. The largest absolute Gasteiger partial charge is 0.328 e. The molecule has 6 heteroatoms. The molecule has 29 heavy (non-hydrogen) atoms. The molecule has 0 aromatic heterocycles. The summed E-state index contributed by atoms with van der Waals surface area (Å²) in [4.78, 5) is 26.0. The summed E-state index contributed by atoms with van der Waals surface area (Å²) in [6, 6.07) is 10.0. The maximum absolute atomic E-state index is 12.0. The Morgan fingerprint density at radius 3 is 2.31 bits per heavy atom. The van der Waals surface area contributed by atoms with Crippen LogP contribution in [0.1, 0.15) is 68.4 Å². The topological polar surface area (TPSA) is 87.5 Å². The van der Waals surface area contributed by atoms with Gasteiger partial charge in [0.1, 0.15) is 0 Å². The van der Waals surface area contributed by atoms with Gasteiger partial charge in [0.15, 0.2) is 0 Å². The van der Waals surface area contributed by atoms with Crippen LogP contribution in [0.15, 0.2) is 24.3 Å². The van der Waals surface area contributed by atoms with E-state index in [4.69, 9.17) is 5.73 Å². The van der Waals surface area contributed by atoms with E-state index in [0.717, 1.165) is 18.2 Å². The molecule has 2 aliphatic heterocycles. The number of nitrogens with two attached hydrogens (primary N) is 1. The number of nitrogens with zero attached hydrogens (tertiary/aromatic N) is 1. The second kappa shape index (κ2) is 9.37. The van der Waals surface area contributed by atoms with E-state index in [1.54, 1.807) is 0 Å². The van der Waals surface area contributed by atoms with Gasteiger partial charge in [-0.05, 0) is 69.2 Å². The molecule has 3 fully saturated rings. The Balaban J connectivity index is 1.21. The van der Waals surface area contributed by atoms with Gasteiger partial charge >= 0.3 is 0 Å². The number of carbonyl (C=O) groups excluding carboxylic acids is 2. The number of benzene rings is 1. The highest BCUT2D eigenvalue weighted by atomic mass is 16.2. The number of hydrogen-bond donors (Lipinski definition) is 3. The number of piperidine rings is 2. The number of nitrogens with one attached hydrogen (secondary N) is 2. The second-order valence-corrected chi connectivity index (χ2v) is 9.01. The van der Waals surface area contributed by atoms with Crippen LogP contribution in [0.5, 0.6) is 0 Å². The summed E-state index contributed by atoms with van der Waals surface area (Å²) in [5.74, 6) is -0.530. The Kier molecular flexibility index (Phi) is 6.63. The van der Waals surface area contributed by atoms with E-state index in [9.17, 15) is 9.59 Å². The van der Waals surface area contributed by atoms with Crippen LogP contribution < -0.4 is 16.4 Å². The summed E-state index contributed by atoms with van der Waals surface area (Å²) < 4.78 is 0. The fourth-order valence-electron chi connectivity index (χ4n) is 5.08. The fraction of sp³-hybridized carbons (Fsp3) is 0.652. The molecule has 1 aromatic rings. The molecule has 2 heterocycles. The molecule has 6 nitrogen and oxygen atoms in total. The summed E-state index contributed by atoms with van der Waals surface area (Å²) in [6.45, 7) is 3.23. The van der Waals surface area contributed by atoms with E-state index in [2.05, 4.69) is 27.7 Å². The average molecular weight is 399 g/mol. The minimum Gasteiger partial charge on any atom is -0.328 e. The van der Waals surface area contributed by atoms with Crippen LogP contribution in [0.3, 0.4) is 0 Å².